The van der Waals surface area contributed by atoms with E-state index >= 15 is 0 Å². The second-order valence-corrected chi connectivity index (χ2v) is 4.65. The van der Waals surface area contributed by atoms with Gasteiger partial charge in [0.1, 0.15) is 5.56 Å². The number of rotatable bonds is 4. The smallest absolute Gasteiger partial charge is 0.341 e. The standard InChI is InChI=1S/C15H14N2O4/c1-9-2-7-12(15(20)21)14(19)17(9)8-10-3-5-11(6-4-10)13(16)18/h2-7H,8H2,1H3,(H2,16,18)(H,20,21). The Morgan fingerprint density at radius 1 is 1.14 bits per heavy atom. The van der Waals surface area contributed by atoms with Crippen molar-refractivity contribution in [3.05, 3.63) is 69.1 Å². The minimum Gasteiger partial charge on any atom is -0.477 e. The van der Waals surface area contributed by atoms with E-state index in [0.717, 1.165) is 5.56 Å². The van der Waals surface area contributed by atoms with Crippen molar-refractivity contribution in [2.24, 2.45) is 5.73 Å². The number of primary amides is 1. The van der Waals surface area contributed by atoms with Crippen molar-refractivity contribution in [1.82, 2.24) is 4.57 Å². The van der Waals surface area contributed by atoms with Gasteiger partial charge < -0.3 is 15.4 Å². The van der Waals surface area contributed by atoms with Crippen LogP contribution in [0, 0.1) is 6.92 Å². The molecule has 0 spiro atoms. The third-order valence-electron chi connectivity index (χ3n) is 3.20. The maximum atomic E-state index is 12.1. The Balaban J connectivity index is 2.39. The van der Waals surface area contributed by atoms with Crippen molar-refractivity contribution in [2.45, 2.75) is 13.5 Å². The quantitative estimate of drug-likeness (QED) is 0.875. The minimum absolute atomic E-state index is 0.227. The summed E-state index contributed by atoms with van der Waals surface area (Å²) in [5, 5.41) is 8.98. The molecule has 2 aromatic rings. The van der Waals surface area contributed by atoms with E-state index in [1.165, 1.54) is 10.6 Å². The van der Waals surface area contributed by atoms with Crippen LogP contribution in [0.25, 0.3) is 0 Å². The molecule has 0 atom stereocenters. The number of carbonyl (C=O) groups excluding carboxylic acids is 1. The monoisotopic (exact) mass is 286 g/mol. The van der Waals surface area contributed by atoms with E-state index < -0.39 is 17.4 Å². The molecule has 0 unspecified atom stereocenters. The molecule has 1 amide bonds. The number of benzene rings is 1. The van der Waals surface area contributed by atoms with Crippen LogP contribution in [0.1, 0.15) is 32.0 Å². The third kappa shape index (κ3) is 3.00. The molecule has 0 aliphatic carbocycles. The van der Waals surface area contributed by atoms with Gasteiger partial charge in [-0.25, -0.2) is 4.79 Å². The van der Waals surface area contributed by atoms with Gasteiger partial charge in [0.05, 0.1) is 6.54 Å². The second kappa shape index (κ2) is 5.62. The molecule has 21 heavy (non-hydrogen) atoms. The lowest BCUT2D eigenvalue weighted by molar-refractivity contribution is 0.0694. The molecule has 6 nitrogen and oxygen atoms in total. The summed E-state index contributed by atoms with van der Waals surface area (Å²) in [6, 6.07) is 9.38. The average Bonchev–Trinajstić information content (AvgIpc) is 2.43. The molecule has 0 aliphatic rings. The highest BCUT2D eigenvalue weighted by molar-refractivity contribution is 5.92. The molecule has 3 N–H and O–H groups in total. The van der Waals surface area contributed by atoms with Gasteiger partial charge in [-0.3, -0.25) is 9.59 Å². The zero-order valence-electron chi connectivity index (χ0n) is 11.4. The van der Waals surface area contributed by atoms with Gasteiger partial charge in [-0.15, -0.1) is 0 Å². The fraction of sp³-hybridized carbons (Fsp3) is 0.133. The van der Waals surface area contributed by atoms with Crippen molar-refractivity contribution in [1.29, 1.82) is 0 Å². The Morgan fingerprint density at radius 3 is 2.29 bits per heavy atom. The van der Waals surface area contributed by atoms with Crippen molar-refractivity contribution in [2.75, 3.05) is 0 Å². The summed E-state index contributed by atoms with van der Waals surface area (Å²) in [5.41, 5.74) is 6.14. The number of aromatic carboxylic acids is 1. The molecule has 1 aromatic carbocycles. The van der Waals surface area contributed by atoms with Crippen molar-refractivity contribution < 1.29 is 14.7 Å². The number of hydrogen-bond acceptors (Lipinski definition) is 3. The number of carboxylic acids is 1. The predicted octanol–water partition coefficient (Wildman–Crippen LogP) is 1.00. The lowest BCUT2D eigenvalue weighted by Crippen LogP contribution is -2.28. The lowest BCUT2D eigenvalue weighted by atomic mass is 10.1. The van der Waals surface area contributed by atoms with Crippen LogP contribution in [0.5, 0.6) is 0 Å². The van der Waals surface area contributed by atoms with E-state index in [4.69, 9.17) is 10.8 Å². The Bertz CT molecular complexity index is 760. The fourth-order valence-corrected chi connectivity index (χ4v) is 1.99. The van der Waals surface area contributed by atoms with Crippen molar-refractivity contribution in [3.8, 4) is 0 Å². The summed E-state index contributed by atoms with van der Waals surface area (Å²) in [6.07, 6.45) is 0. The van der Waals surface area contributed by atoms with Gasteiger partial charge in [-0.05, 0) is 36.8 Å². The highest BCUT2D eigenvalue weighted by Gasteiger charge is 2.12. The van der Waals surface area contributed by atoms with E-state index in [9.17, 15) is 14.4 Å². The summed E-state index contributed by atoms with van der Waals surface area (Å²) in [4.78, 5) is 34.1. The number of nitrogens with two attached hydrogens (primary N) is 1. The third-order valence-corrected chi connectivity index (χ3v) is 3.20. The maximum absolute atomic E-state index is 12.1. The van der Waals surface area contributed by atoms with Gasteiger partial charge in [-0.2, -0.15) is 0 Å². The molecular weight excluding hydrogens is 272 g/mol. The predicted molar refractivity (Wildman–Crippen MR) is 76.5 cm³/mol. The van der Waals surface area contributed by atoms with Crippen LogP contribution < -0.4 is 11.3 Å². The van der Waals surface area contributed by atoms with E-state index in [1.54, 1.807) is 37.3 Å². The summed E-state index contributed by atoms with van der Waals surface area (Å²) in [5.74, 6) is -1.78. The molecule has 0 bridgehead atoms. The molecule has 6 heteroatoms. The number of amides is 1. The molecule has 108 valence electrons. The van der Waals surface area contributed by atoms with Gasteiger partial charge in [-0.1, -0.05) is 12.1 Å². The van der Waals surface area contributed by atoms with Crippen LogP contribution in [0.2, 0.25) is 0 Å². The number of aromatic nitrogens is 1. The molecule has 0 radical (unpaired) electrons. The van der Waals surface area contributed by atoms with Crippen LogP contribution in [-0.4, -0.2) is 21.6 Å². The molecule has 1 aromatic heterocycles. The molecule has 0 fully saturated rings. The molecule has 0 saturated carbocycles. The van der Waals surface area contributed by atoms with Gasteiger partial charge >= 0.3 is 5.97 Å². The highest BCUT2D eigenvalue weighted by Crippen LogP contribution is 2.07. The van der Waals surface area contributed by atoms with Gasteiger partial charge in [0.2, 0.25) is 5.91 Å². The van der Waals surface area contributed by atoms with Crippen LogP contribution in [0.4, 0.5) is 0 Å². The number of pyridine rings is 1. The van der Waals surface area contributed by atoms with Crippen LogP contribution in [0.15, 0.2) is 41.2 Å². The number of hydrogen-bond donors (Lipinski definition) is 2. The Morgan fingerprint density at radius 2 is 1.76 bits per heavy atom. The first-order valence-electron chi connectivity index (χ1n) is 6.22. The van der Waals surface area contributed by atoms with Gasteiger partial charge in [0, 0.05) is 11.3 Å². The minimum atomic E-state index is -1.25. The topological polar surface area (TPSA) is 102 Å². The number of carbonyl (C=O) groups is 2. The number of nitrogens with zero attached hydrogens (tertiary/aromatic N) is 1. The van der Waals surface area contributed by atoms with Crippen LogP contribution in [-0.2, 0) is 6.54 Å². The van der Waals surface area contributed by atoms with E-state index in [-0.39, 0.29) is 12.1 Å². The fourth-order valence-electron chi connectivity index (χ4n) is 1.99. The molecule has 0 saturated heterocycles. The number of carboxylic acid groups (broad SMARTS) is 1. The summed E-state index contributed by atoms with van der Waals surface area (Å²) < 4.78 is 1.38. The molecule has 0 aliphatic heterocycles. The first-order valence-corrected chi connectivity index (χ1v) is 6.22. The summed E-state index contributed by atoms with van der Waals surface area (Å²) >= 11 is 0. The van der Waals surface area contributed by atoms with Crippen LogP contribution in [0.3, 0.4) is 0 Å². The molecule has 2 rings (SSSR count). The highest BCUT2D eigenvalue weighted by atomic mass is 16.4. The van der Waals surface area contributed by atoms with Crippen molar-refractivity contribution in [3.63, 3.8) is 0 Å². The normalized spacial score (nSPS) is 10.3. The Labute approximate surface area is 120 Å². The molecule has 1 heterocycles. The maximum Gasteiger partial charge on any atom is 0.341 e. The lowest BCUT2D eigenvalue weighted by Gasteiger charge is -2.11. The SMILES string of the molecule is Cc1ccc(C(=O)O)c(=O)n1Cc1ccc(C(N)=O)cc1. The second-order valence-electron chi connectivity index (χ2n) is 4.65. The number of aryl methyl sites for hydroxylation is 1. The zero-order chi connectivity index (χ0) is 15.6. The zero-order valence-corrected chi connectivity index (χ0v) is 11.4. The van der Waals surface area contributed by atoms with Crippen LogP contribution >= 0.6 is 0 Å². The van der Waals surface area contributed by atoms with Gasteiger partial charge in [0.25, 0.3) is 5.56 Å². The first-order chi connectivity index (χ1) is 9.90. The largest absolute Gasteiger partial charge is 0.477 e. The summed E-state index contributed by atoms with van der Waals surface area (Å²) in [7, 11) is 0. The summed E-state index contributed by atoms with van der Waals surface area (Å²) in [6.45, 7) is 1.95. The van der Waals surface area contributed by atoms with Crippen molar-refractivity contribution >= 4 is 11.9 Å². The Kier molecular flexibility index (Phi) is 3.89. The Hall–Kier alpha value is -2.89. The van der Waals surface area contributed by atoms with E-state index in [0.29, 0.717) is 11.3 Å². The van der Waals surface area contributed by atoms with Gasteiger partial charge in [0.15, 0.2) is 0 Å². The average molecular weight is 286 g/mol. The van der Waals surface area contributed by atoms with E-state index in [1.807, 2.05) is 0 Å². The molecular formula is C15H14N2O4. The first kappa shape index (κ1) is 14.5. The van der Waals surface area contributed by atoms with E-state index in [2.05, 4.69) is 0 Å².